The third-order valence-electron chi connectivity index (χ3n) is 4.18. The molecule has 4 rings (SSSR count). The van der Waals surface area contributed by atoms with Gasteiger partial charge in [0.1, 0.15) is 11.6 Å². The molecule has 0 aliphatic heterocycles. The van der Waals surface area contributed by atoms with Gasteiger partial charge in [-0.25, -0.2) is 9.97 Å². The number of aromatic nitrogens is 3. The Morgan fingerprint density at radius 3 is 2.74 bits per heavy atom. The Kier molecular flexibility index (Phi) is 4.89. The highest BCUT2D eigenvalue weighted by Crippen LogP contribution is 2.30. The van der Waals surface area contributed by atoms with Crippen molar-refractivity contribution in [1.29, 1.82) is 0 Å². The van der Waals surface area contributed by atoms with E-state index in [9.17, 15) is 4.79 Å². The number of hydrogen-bond acceptors (Lipinski definition) is 5. The summed E-state index contributed by atoms with van der Waals surface area (Å²) >= 11 is 1.63. The molecule has 0 fully saturated rings. The van der Waals surface area contributed by atoms with Crippen LogP contribution < -0.4 is 10.3 Å². The Hall–Kier alpha value is -3.12. The molecular weight excluding hydrogens is 358 g/mol. The van der Waals surface area contributed by atoms with Gasteiger partial charge in [-0.1, -0.05) is 18.2 Å². The SMILES string of the molecule is COc1ccc(-c2nc3ccccc3c(=O)[nH]2)cc1CSc1ccccn1. The number of nitrogens with zero attached hydrogens (tertiary/aromatic N) is 2. The third-order valence-corrected chi connectivity index (χ3v) is 5.17. The zero-order chi connectivity index (χ0) is 18.6. The molecule has 27 heavy (non-hydrogen) atoms. The van der Waals surface area contributed by atoms with E-state index in [0.717, 1.165) is 21.9 Å². The van der Waals surface area contributed by atoms with Crippen LogP contribution in [0.5, 0.6) is 5.75 Å². The quantitative estimate of drug-likeness (QED) is 0.527. The van der Waals surface area contributed by atoms with Gasteiger partial charge in [-0.2, -0.15) is 0 Å². The first-order valence-corrected chi connectivity index (χ1v) is 9.43. The molecule has 0 spiro atoms. The van der Waals surface area contributed by atoms with Crippen molar-refractivity contribution in [3.05, 3.63) is 82.8 Å². The van der Waals surface area contributed by atoms with E-state index in [1.165, 1.54) is 0 Å². The van der Waals surface area contributed by atoms with E-state index in [-0.39, 0.29) is 5.56 Å². The Morgan fingerprint density at radius 2 is 1.93 bits per heavy atom. The van der Waals surface area contributed by atoms with Crippen LogP contribution in [0, 0.1) is 0 Å². The molecule has 0 saturated heterocycles. The van der Waals surface area contributed by atoms with Crippen molar-refractivity contribution < 1.29 is 4.74 Å². The summed E-state index contributed by atoms with van der Waals surface area (Å²) < 4.78 is 5.49. The van der Waals surface area contributed by atoms with Gasteiger partial charge < -0.3 is 9.72 Å². The van der Waals surface area contributed by atoms with Gasteiger partial charge in [0.05, 0.1) is 23.0 Å². The van der Waals surface area contributed by atoms with Crippen molar-refractivity contribution in [3.8, 4) is 17.1 Å². The minimum atomic E-state index is -0.143. The second kappa shape index (κ2) is 7.63. The van der Waals surface area contributed by atoms with Gasteiger partial charge in [0.25, 0.3) is 5.56 Å². The molecule has 0 unspecified atom stereocenters. The van der Waals surface area contributed by atoms with Gasteiger partial charge in [-0.3, -0.25) is 4.79 Å². The summed E-state index contributed by atoms with van der Waals surface area (Å²) in [4.78, 5) is 24.2. The molecule has 0 saturated carbocycles. The molecule has 0 bridgehead atoms. The fourth-order valence-electron chi connectivity index (χ4n) is 2.85. The molecule has 5 nitrogen and oxygen atoms in total. The highest BCUT2D eigenvalue weighted by atomic mass is 32.2. The molecule has 0 aliphatic carbocycles. The highest BCUT2D eigenvalue weighted by Gasteiger charge is 2.10. The lowest BCUT2D eigenvalue weighted by Gasteiger charge is -2.11. The summed E-state index contributed by atoms with van der Waals surface area (Å²) in [6, 6.07) is 19.0. The zero-order valence-electron chi connectivity index (χ0n) is 14.7. The molecule has 2 aromatic heterocycles. The topological polar surface area (TPSA) is 67.9 Å². The second-order valence-electron chi connectivity index (χ2n) is 5.91. The molecule has 0 radical (unpaired) electrons. The number of pyridine rings is 1. The maximum Gasteiger partial charge on any atom is 0.259 e. The maximum absolute atomic E-state index is 12.4. The van der Waals surface area contributed by atoms with E-state index in [4.69, 9.17) is 4.74 Å². The van der Waals surface area contributed by atoms with Crippen LogP contribution >= 0.6 is 11.8 Å². The van der Waals surface area contributed by atoms with E-state index in [0.29, 0.717) is 22.5 Å². The average Bonchev–Trinajstić information content (AvgIpc) is 2.73. The fourth-order valence-corrected chi connectivity index (χ4v) is 3.69. The van der Waals surface area contributed by atoms with Crippen molar-refractivity contribution in [2.45, 2.75) is 10.8 Å². The number of benzene rings is 2. The van der Waals surface area contributed by atoms with Crippen molar-refractivity contribution in [2.24, 2.45) is 0 Å². The predicted octanol–water partition coefficient (Wildman–Crippen LogP) is 4.29. The number of fused-ring (bicyclic) bond motifs is 1. The standard InChI is InChI=1S/C21H17N3O2S/c1-26-18-10-9-14(12-15(18)13-27-19-8-4-5-11-22-19)20-23-17-7-3-2-6-16(17)21(25)24-20/h2-12H,13H2,1H3,(H,23,24,25). The van der Waals surface area contributed by atoms with Crippen molar-refractivity contribution >= 4 is 22.7 Å². The summed E-state index contributed by atoms with van der Waals surface area (Å²) in [6.45, 7) is 0. The predicted molar refractivity (Wildman–Crippen MR) is 108 cm³/mol. The average molecular weight is 375 g/mol. The van der Waals surface area contributed by atoms with Crippen LogP contribution in [0.15, 0.2) is 76.7 Å². The van der Waals surface area contributed by atoms with Gasteiger partial charge in [0, 0.05) is 23.1 Å². The van der Waals surface area contributed by atoms with Gasteiger partial charge in [-0.05, 0) is 42.5 Å². The van der Waals surface area contributed by atoms with Gasteiger partial charge in [-0.15, -0.1) is 11.8 Å². The minimum absolute atomic E-state index is 0.143. The summed E-state index contributed by atoms with van der Waals surface area (Å²) in [5, 5.41) is 1.53. The minimum Gasteiger partial charge on any atom is -0.496 e. The number of H-pyrrole nitrogens is 1. The zero-order valence-corrected chi connectivity index (χ0v) is 15.5. The van der Waals surface area contributed by atoms with Crippen LogP contribution in [-0.4, -0.2) is 22.1 Å². The smallest absolute Gasteiger partial charge is 0.259 e. The first-order chi connectivity index (χ1) is 13.2. The number of thioether (sulfide) groups is 1. The van der Waals surface area contributed by atoms with E-state index < -0.39 is 0 Å². The fraction of sp³-hybridized carbons (Fsp3) is 0.0952. The number of nitrogens with one attached hydrogen (secondary N) is 1. The van der Waals surface area contributed by atoms with Crippen LogP contribution in [0.4, 0.5) is 0 Å². The number of hydrogen-bond donors (Lipinski definition) is 1. The molecule has 4 aromatic rings. The number of aromatic amines is 1. The van der Waals surface area contributed by atoms with E-state index in [1.54, 1.807) is 31.1 Å². The van der Waals surface area contributed by atoms with Crippen molar-refractivity contribution in [2.75, 3.05) is 7.11 Å². The lowest BCUT2D eigenvalue weighted by atomic mass is 10.1. The molecule has 0 atom stereocenters. The summed E-state index contributed by atoms with van der Waals surface area (Å²) in [7, 11) is 1.65. The van der Waals surface area contributed by atoms with E-state index in [1.807, 2.05) is 54.6 Å². The third kappa shape index (κ3) is 3.71. The lowest BCUT2D eigenvalue weighted by Crippen LogP contribution is -2.09. The summed E-state index contributed by atoms with van der Waals surface area (Å²) in [5.74, 6) is 2.04. The van der Waals surface area contributed by atoms with Gasteiger partial charge in [0.2, 0.25) is 0 Å². The monoisotopic (exact) mass is 375 g/mol. The molecule has 1 N–H and O–H groups in total. The number of para-hydroxylation sites is 1. The van der Waals surface area contributed by atoms with Crippen molar-refractivity contribution in [3.63, 3.8) is 0 Å². The van der Waals surface area contributed by atoms with Gasteiger partial charge >= 0.3 is 0 Å². The van der Waals surface area contributed by atoms with Crippen LogP contribution in [-0.2, 0) is 5.75 Å². The number of ether oxygens (including phenoxy) is 1. The number of methoxy groups -OCH3 is 1. The molecule has 2 aromatic carbocycles. The molecule has 6 heteroatoms. The first kappa shape index (κ1) is 17.3. The lowest BCUT2D eigenvalue weighted by molar-refractivity contribution is 0.411. The van der Waals surface area contributed by atoms with Crippen LogP contribution in [0.3, 0.4) is 0 Å². The second-order valence-corrected chi connectivity index (χ2v) is 6.91. The Bertz CT molecular complexity index is 1140. The normalized spacial score (nSPS) is 10.9. The summed E-state index contributed by atoms with van der Waals surface area (Å²) in [5.41, 5.74) is 2.39. The Balaban J connectivity index is 1.70. The molecule has 134 valence electrons. The first-order valence-electron chi connectivity index (χ1n) is 8.45. The number of rotatable bonds is 5. The van der Waals surface area contributed by atoms with Crippen LogP contribution in [0.1, 0.15) is 5.56 Å². The molecule has 0 aliphatic rings. The molecule has 0 amide bonds. The van der Waals surface area contributed by atoms with Crippen LogP contribution in [0.2, 0.25) is 0 Å². The molecule has 2 heterocycles. The van der Waals surface area contributed by atoms with Crippen LogP contribution in [0.25, 0.3) is 22.3 Å². The highest BCUT2D eigenvalue weighted by molar-refractivity contribution is 7.98. The van der Waals surface area contributed by atoms with E-state index >= 15 is 0 Å². The maximum atomic E-state index is 12.4. The Labute approximate surface area is 160 Å². The van der Waals surface area contributed by atoms with Gasteiger partial charge in [0.15, 0.2) is 0 Å². The molecular formula is C21H17N3O2S. The van der Waals surface area contributed by atoms with E-state index in [2.05, 4.69) is 15.0 Å². The Morgan fingerprint density at radius 1 is 1.07 bits per heavy atom. The van der Waals surface area contributed by atoms with Crippen molar-refractivity contribution in [1.82, 2.24) is 15.0 Å². The summed E-state index contributed by atoms with van der Waals surface area (Å²) in [6.07, 6.45) is 1.78. The largest absolute Gasteiger partial charge is 0.496 e.